The van der Waals surface area contributed by atoms with E-state index in [1.807, 2.05) is 37.1 Å². The molecule has 0 unspecified atom stereocenters. The molecule has 0 radical (unpaired) electrons. The van der Waals surface area contributed by atoms with Crippen LogP contribution in [0.4, 0.5) is 6.01 Å². The molecular formula is C14H15N5O2S. The van der Waals surface area contributed by atoms with Crippen molar-refractivity contribution in [2.24, 2.45) is 0 Å². The molecule has 0 aliphatic carbocycles. The Bertz CT molecular complexity index is 728. The zero-order valence-electron chi connectivity index (χ0n) is 12.3. The fraction of sp³-hybridized carbons (Fsp3) is 0.286. The average Bonchev–Trinajstić information content (AvgIpc) is 3.15. The van der Waals surface area contributed by atoms with Gasteiger partial charge in [0.25, 0.3) is 0 Å². The van der Waals surface area contributed by atoms with Crippen LogP contribution in [0.25, 0.3) is 0 Å². The fourth-order valence-electron chi connectivity index (χ4n) is 1.83. The lowest BCUT2D eigenvalue weighted by Crippen LogP contribution is -2.16. The highest BCUT2D eigenvalue weighted by Gasteiger charge is 2.13. The molecule has 0 atom stereocenters. The standard InChI is InChI=1S/C14H15N5O2S/c1-10-7-11(21-18-10)8-19(2)14-17-16-13(20-14)9-22-12-3-5-15-6-4-12/h3-7H,8-9H2,1-2H3. The second kappa shape index (κ2) is 6.61. The lowest BCUT2D eigenvalue weighted by atomic mass is 10.4. The summed E-state index contributed by atoms with van der Waals surface area (Å²) in [6, 6.07) is 6.23. The van der Waals surface area contributed by atoms with Gasteiger partial charge in [0, 0.05) is 30.4 Å². The molecule has 8 heteroatoms. The van der Waals surface area contributed by atoms with Gasteiger partial charge in [-0.3, -0.25) is 4.98 Å². The molecule has 22 heavy (non-hydrogen) atoms. The van der Waals surface area contributed by atoms with E-state index in [4.69, 9.17) is 8.94 Å². The highest BCUT2D eigenvalue weighted by Crippen LogP contribution is 2.23. The number of hydrogen-bond acceptors (Lipinski definition) is 8. The summed E-state index contributed by atoms with van der Waals surface area (Å²) in [5.41, 5.74) is 0.850. The monoisotopic (exact) mass is 317 g/mol. The van der Waals surface area contributed by atoms with Crippen molar-refractivity contribution in [3.05, 3.63) is 47.9 Å². The van der Waals surface area contributed by atoms with Gasteiger partial charge in [-0.25, -0.2) is 0 Å². The van der Waals surface area contributed by atoms with E-state index in [1.165, 1.54) is 0 Å². The molecule has 0 aromatic carbocycles. The zero-order valence-corrected chi connectivity index (χ0v) is 13.1. The third-order valence-electron chi connectivity index (χ3n) is 2.86. The normalized spacial score (nSPS) is 10.8. The fourth-order valence-corrected chi connectivity index (χ4v) is 2.55. The Morgan fingerprint density at radius 3 is 2.77 bits per heavy atom. The second-order valence-corrected chi connectivity index (χ2v) is 5.79. The largest absolute Gasteiger partial charge is 0.407 e. The van der Waals surface area contributed by atoms with Crippen LogP contribution in [0.1, 0.15) is 17.3 Å². The Morgan fingerprint density at radius 2 is 2.05 bits per heavy atom. The molecule has 7 nitrogen and oxygen atoms in total. The Kier molecular flexibility index (Phi) is 4.38. The lowest BCUT2D eigenvalue weighted by Gasteiger charge is -2.10. The minimum Gasteiger partial charge on any atom is -0.407 e. The first kappa shape index (κ1) is 14.6. The van der Waals surface area contributed by atoms with Crippen molar-refractivity contribution in [2.75, 3.05) is 11.9 Å². The maximum absolute atomic E-state index is 5.65. The van der Waals surface area contributed by atoms with Crippen LogP contribution < -0.4 is 4.90 Å². The van der Waals surface area contributed by atoms with Gasteiger partial charge in [0.05, 0.1) is 18.0 Å². The van der Waals surface area contributed by atoms with E-state index in [-0.39, 0.29) is 0 Å². The molecule has 0 bridgehead atoms. The van der Waals surface area contributed by atoms with Crippen LogP contribution in [-0.4, -0.2) is 27.4 Å². The zero-order chi connectivity index (χ0) is 15.4. The van der Waals surface area contributed by atoms with Crippen LogP contribution in [0.2, 0.25) is 0 Å². The number of nitrogens with zero attached hydrogens (tertiary/aromatic N) is 5. The molecule has 3 aromatic rings. The van der Waals surface area contributed by atoms with Gasteiger partial charge < -0.3 is 13.8 Å². The highest BCUT2D eigenvalue weighted by molar-refractivity contribution is 7.98. The highest BCUT2D eigenvalue weighted by atomic mass is 32.2. The van der Waals surface area contributed by atoms with Gasteiger partial charge in [0.2, 0.25) is 5.89 Å². The third kappa shape index (κ3) is 3.64. The quantitative estimate of drug-likeness (QED) is 0.642. The van der Waals surface area contributed by atoms with E-state index in [9.17, 15) is 0 Å². The summed E-state index contributed by atoms with van der Waals surface area (Å²) in [7, 11) is 1.87. The molecule has 0 aliphatic heterocycles. The Labute approximate surface area is 131 Å². The van der Waals surface area contributed by atoms with E-state index in [0.717, 1.165) is 16.3 Å². The van der Waals surface area contributed by atoms with E-state index in [0.29, 0.717) is 24.2 Å². The van der Waals surface area contributed by atoms with Gasteiger partial charge >= 0.3 is 6.01 Å². The smallest absolute Gasteiger partial charge is 0.318 e. The molecule has 0 saturated heterocycles. The SMILES string of the molecule is Cc1cc(CN(C)c2nnc(CSc3ccncc3)o2)on1. The minimum atomic E-state index is 0.458. The number of hydrogen-bond donors (Lipinski definition) is 0. The van der Waals surface area contributed by atoms with Crippen LogP contribution in [0, 0.1) is 6.92 Å². The Morgan fingerprint density at radius 1 is 1.23 bits per heavy atom. The number of aryl methyl sites for hydroxylation is 1. The maximum atomic E-state index is 5.65. The molecule has 0 spiro atoms. The molecule has 0 saturated carbocycles. The summed E-state index contributed by atoms with van der Waals surface area (Å²) >= 11 is 1.62. The molecule has 0 fully saturated rings. The maximum Gasteiger partial charge on any atom is 0.318 e. The molecule has 0 amide bonds. The average molecular weight is 317 g/mol. The van der Waals surface area contributed by atoms with Crippen LogP contribution in [-0.2, 0) is 12.3 Å². The van der Waals surface area contributed by atoms with Gasteiger partial charge in [0.15, 0.2) is 5.76 Å². The van der Waals surface area contributed by atoms with Crippen molar-refractivity contribution in [2.45, 2.75) is 24.1 Å². The summed E-state index contributed by atoms with van der Waals surface area (Å²) in [6.07, 6.45) is 3.52. The van der Waals surface area contributed by atoms with Gasteiger partial charge in [-0.1, -0.05) is 10.3 Å². The number of thioether (sulfide) groups is 1. The van der Waals surface area contributed by atoms with Crippen molar-refractivity contribution in [1.29, 1.82) is 0 Å². The van der Waals surface area contributed by atoms with Crippen molar-refractivity contribution in [3.63, 3.8) is 0 Å². The van der Waals surface area contributed by atoms with Crippen molar-refractivity contribution in [3.8, 4) is 0 Å². The number of anilines is 1. The summed E-state index contributed by atoms with van der Waals surface area (Å²) in [5.74, 6) is 1.95. The lowest BCUT2D eigenvalue weighted by molar-refractivity contribution is 0.376. The Hall–Kier alpha value is -2.35. The molecule has 0 N–H and O–H groups in total. The van der Waals surface area contributed by atoms with E-state index in [1.54, 1.807) is 24.2 Å². The van der Waals surface area contributed by atoms with Crippen LogP contribution in [0.5, 0.6) is 0 Å². The van der Waals surface area contributed by atoms with Gasteiger partial charge in [0.1, 0.15) is 0 Å². The summed E-state index contributed by atoms with van der Waals surface area (Å²) < 4.78 is 10.8. The van der Waals surface area contributed by atoms with Gasteiger partial charge in [-0.2, -0.15) is 0 Å². The predicted molar refractivity (Wildman–Crippen MR) is 81.4 cm³/mol. The van der Waals surface area contributed by atoms with Crippen molar-refractivity contribution < 1.29 is 8.94 Å². The summed E-state index contributed by atoms with van der Waals surface area (Å²) in [4.78, 5) is 6.92. The second-order valence-electron chi connectivity index (χ2n) is 4.74. The Balaban J connectivity index is 1.58. The first-order valence-electron chi connectivity index (χ1n) is 6.69. The number of rotatable bonds is 6. The summed E-state index contributed by atoms with van der Waals surface area (Å²) in [5, 5.41) is 12.0. The molecule has 3 aromatic heterocycles. The topological polar surface area (TPSA) is 81.1 Å². The van der Waals surface area contributed by atoms with Crippen molar-refractivity contribution >= 4 is 17.8 Å². The van der Waals surface area contributed by atoms with Gasteiger partial charge in [-0.15, -0.1) is 16.9 Å². The number of pyridine rings is 1. The van der Waals surface area contributed by atoms with Crippen LogP contribution in [0.15, 0.2) is 44.4 Å². The van der Waals surface area contributed by atoms with Crippen LogP contribution >= 0.6 is 11.8 Å². The van der Waals surface area contributed by atoms with E-state index < -0.39 is 0 Å². The first-order valence-corrected chi connectivity index (χ1v) is 7.68. The van der Waals surface area contributed by atoms with E-state index >= 15 is 0 Å². The molecule has 3 heterocycles. The molecule has 114 valence electrons. The van der Waals surface area contributed by atoms with Crippen LogP contribution in [0.3, 0.4) is 0 Å². The number of aromatic nitrogens is 4. The van der Waals surface area contributed by atoms with E-state index in [2.05, 4.69) is 20.3 Å². The minimum absolute atomic E-state index is 0.458. The molecule has 0 aliphatic rings. The van der Waals surface area contributed by atoms with Gasteiger partial charge in [-0.05, 0) is 19.1 Å². The first-order chi connectivity index (χ1) is 10.7. The predicted octanol–water partition coefficient (Wildman–Crippen LogP) is 2.69. The molecular weight excluding hydrogens is 302 g/mol. The van der Waals surface area contributed by atoms with Crippen molar-refractivity contribution in [1.82, 2.24) is 20.3 Å². The molecule has 3 rings (SSSR count). The summed E-state index contributed by atoms with van der Waals surface area (Å²) in [6.45, 7) is 2.41. The third-order valence-corrected chi connectivity index (χ3v) is 3.86.